The highest BCUT2D eigenvalue weighted by Crippen LogP contribution is 2.45. The van der Waals surface area contributed by atoms with Gasteiger partial charge in [0.05, 0.1) is 5.69 Å². The van der Waals surface area contributed by atoms with Gasteiger partial charge in [-0.2, -0.15) is 10.4 Å². The van der Waals surface area contributed by atoms with E-state index in [4.69, 9.17) is 23.4 Å². The predicted octanol–water partition coefficient (Wildman–Crippen LogP) is 5.39. The summed E-state index contributed by atoms with van der Waals surface area (Å²) in [7, 11) is -2.52. The molecule has 2 aliphatic rings. The lowest BCUT2D eigenvalue weighted by Crippen LogP contribution is -2.52. The van der Waals surface area contributed by atoms with Gasteiger partial charge in [-0.05, 0) is 76.7 Å². The molecule has 1 saturated carbocycles. The molecular formula is C36H54N6O9Si. The fourth-order valence-electron chi connectivity index (χ4n) is 6.56. The number of rotatable bonds is 11. The number of nitrogens with zero attached hydrogens (tertiary/aromatic N) is 4. The SMILES string of the molecule is CC(=O)Nc1ncnn2c([C@]3(C#N)O[C@H](COC(=O)[C@@H](NC(=O)OC(C)(C)C)C(C)(C)C)[C@@H](OC(=O)CC4CCCCC4)[C@H]3O[Si](C)(C)C)ccc12. The minimum atomic E-state index is -2.52. The molecule has 15 nitrogen and oxygen atoms in total. The molecule has 0 radical (unpaired) electrons. The zero-order valence-corrected chi connectivity index (χ0v) is 33.0. The monoisotopic (exact) mass is 742 g/mol. The summed E-state index contributed by atoms with van der Waals surface area (Å²) in [6.45, 7) is 17.2. The number of ether oxygens (including phenoxy) is 4. The van der Waals surface area contributed by atoms with E-state index in [1.807, 2.05) is 19.6 Å². The van der Waals surface area contributed by atoms with Crippen molar-refractivity contribution in [2.75, 3.05) is 11.9 Å². The summed E-state index contributed by atoms with van der Waals surface area (Å²) in [5.41, 5.74) is -2.87. The van der Waals surface area contributed by atoms with Crippen molar-refractivity contribution in [1.82, 2.24) is 19.9 Å². The number of anilines is 1. The third-order valence-corrected chi connectivity index (χ3v) is 9.74. The molecular weight excluding hydrogens is 689 g/mol. The molecule has 2 fully saturated rings. The predicted molar refractivity (Wildman–Crippen MR) is 192 cm³/mol. The first-order valence-corrected chi connectivity index (χ1v) is 21.3. The van der Waals surface area contributed by atoms with Crippen LogP contribution in [0.15, 0.2) is 18.5 Å². The molecule has 0 aromatic carbocycles. The van der Waals surface area contributed by atoms with E-state index in [0.717, 1.165) is 32.1 Å². The molecule has 0 unspecified atom stereocenters. The Morgan fingerprint density at radius 1 is 1.10 bits per heavy atom. The number of nitriles is 1. The summed E-state index contributed by atoms with van der Waals surface area (Å²) < 4.78 is 32.2. The summed E-state index contributed by atoms with van der Waals surface area (Å²) in [4.78, 5) is 56.2. The second-order valence-electron chi connectivity index (χ2n) is 16.7. The number of fused-ring (bicyclic) bond motifs is 1. The quantitative estimate of drug-likeness (QED) is 0.170. The maximum absolute atomic E-state index is 13.7. The highest BCUT2D eigenvalue weighted by Gasteiger charge is 2.62. The first kappa shape index (κ1) is 40.7. The summed E-state index contributed by atoms with van der Waals surface area (Å²) >= 11 is 0. The second kappa shape index (κ2) is 15.9. The lowest BCUT2D eigenvalue weighted by Gasteiger charge is -2.34. The minimum absolute atomic E-state index is 0.168. The molecule has 16 heteroatoms. The first-order chi connectivity index (χ1) is 24.1. The van der Waals surface area contributed by atoms with E-state index in [9.17, 15) is 24.4 Å². The van der Waals surface area contributed by atoms with E-state index < -0.39 is 73.9 Å². The average Bonchev–Trinajstić information content (AvgIpc) is 3.57. The number of carbonyl (C=O) groups is 4. The van der Waals surface area contributed by atoms with Crippen molar-refractivity contribution in [3.05, 3.63) is 24.2 Å². The van der Waals surface area contributed by atoms with E-state index in [2.05, 4.69) is 26.8 Å². The second-order valence-corrected chi connectivity index (χ2v) is 21.2. The number of carbonyl (C=O) groups excluding carboxylic acids is 4. The Hall–Kier alpha value is -4.07. The highest BCUT2D eigenvalue weighted by atomic mass is 28.4. The van der Waals surface area contributed by atoms with Gasteiger partial charge in [-0.15, -0.1) is 0 Å². The van der Waals surface area contributed by atoms with Crippen LogP contribution in [-0.2, 0) is 43.4 Å². The van der Waals surface area contributed by atoms with Crippen molar-refractivity contribution < 1.29 is 42.6 Å². The van der Waals surface area contributed by atoms with Gasteiger partial charge in [-0.25, -0.2) is 19.1 Å². The van der Waals surface area contributed by atoms with Crippen molar-refractivity contribution in [2.45, 2.75) is 142 Å². The van der Waals surface area contributed by atoms with Crippen LogP contribution in [-0.4, -0.2) is 83.4 Å². The molecule has 0 spiro atoms. The molecule has 2 amide bonds. The lowest BCUT2D eigenvalue weighted by atomic mass is 9.87. The van der Waals surface area contributed by atoms with Crippen LogP contribution in [0.25, 0.3) is 5.52 Å². The van der Waals surface area contributed by atoms with Crippen LogP contribution in [0.1, 0.15) is 92.7 Å². The van der Waals surface area contributed by atoms with Crippen LogP contribution in [0, 0.1) is 22.7 Å². The van der Waals surface area contributed by atoms with Crippen LogP contribution in [0.5, 0.6) is 0 Å². The number of nitrogens with one attached hydrogen (secondary N) is 2. The molecule has 5 atom stereocenters. The Balaban J connectivity index is 1.74. The molecule has 1 aliphatic carbocycles. The molecule has 1 aliphatic heterocycles. The summed E-state index contributed by atoms with van der Waals surface area (Å²) in [6, 6.07) is 4.44. The average molecular weight is 743 g/mol. The minimum Gasteiger partial charge on any atom is -0.461 e. The van der Waals surface area contributed by atoms with Gasteiger partial charge in [0, 0.05) is 13.3 Å². The van der Waals surface area contributed by atoms with Crippen LogP contribution in [0.4, 0.5) is 10.6 Å². The summed E-state index contributed by atoms with van der Waals surface area (Å²) in [5, 5.41) is 20.7. The van der Waals surface area contributed by atoms with Crippen molar-refractivity contribution in [3.8, 4) is 6.07 Å². The fourth-order valence-corrected chi connectivity index (χ4v) is 7.62. The first-order valence-electron chi connectivity index (χ1n) is 17.9. The number of esters is 2. The largest absolute Gasteiger partial charge is 0.461 e. The lowest BCUT2D eigenvalue weighted by molar-refractivity contribution is -0.163. The Morgan fingerprint density at radius 2 is 1.77 bits per heavy atom. The van der Waals surface area contributed by atoms with Gasteiger partial charge in [0.1, 0.15) is 48.4 Å². The van der Waals surface area contributed by atoms with Gasteiger partial charge in [0.25, 0.3) is 0 Å². The maximum atomic E-state index is 13.7. The van der Waals surface area contributed by atoms with Crippen molar-refractivity contribution in [2.24, 2.45) is 11.3 Å². The van der Waals surface area contributed by atoms with Crippen LogP contribution in [0.3, 0.4) is 0 Å². The molecule has 286 valence electrons. The molecule has 4 rings (SSSR count). The van der Waals surface area contributed by atoms with E-state index in [-0.39, 0.29) is 29.8 Å². The Labute approximate surface area is 306 Å². The van der Waals surface area contributed by atoms with Gasteiger partial charge in [-0.1, -0.05) is 40.0 Å². The maximum Gasteiger partial charge on any atom is 0.408 e. The van der Waals surface area contributed by atoms with Gasteiger partial charge in [-0.3, -0.25) is 9.59 Å². The van der Waals surface area contributed by atoms with Crippen LogP contribution >= 0.6 is 0 Å². The smallest absolute Gasteiger partial charge is 0.408 e. The topological polar surface area (TPSA) is 192 Å². The zero-order valence-electron chi connectivity index (χ0n) is 32.0. The molecule has 2 N–H and O–H groups in total. The van der Waals surface area contributed by atoms with Gasteiger partial charge in [0.2, 0.25) is 11.5 Å². The van der Waals surface area contributed by atoms with E-state index >= 15 is 0 Å². The van der Waals surface area contributed by atoms with E-state index in [0.29, 0.717) is 5.52 Å². The van der Waals surface area contributed by atoms with Gasteiger partial charge in [0.15, 0.2) is 20.2 Å². The van der Waals surface area contributed by atoms with Crippen LogP contribution < -0.4 is 10.6 Å². The third kappa shape index (κ3) is 10.1. The molecule has 52 heavy (non-hydrogen) atoms. The highest BCUT2D eigenvalue weighted by molar-refractivity contribution is 6.69. The normalized spacial score (nSPS) is 23.4. The summed E-state index contributed by atoms with van der Waals surface area (Å²) in [5.74, 6) is -1.20. The number of alkyl carbamates (subject to hydrolysis) is 1. The van der Waals surface area contributed by atoms with Crippen molar-refractivity contribution in [1.29, 1.82) is 5.26 Å². The summed E-state index contributed by atoms with van der Waals surface area (Å²) in [6.07, 6.45) is 2.17. The standard InChI is InChI=1S/C36H54N6O9Si/c1-22(43)40-31-24-16-17-26(42(24)39-21-38-31)36(20-37)30(51-52(8,9)10)28(48-27(44)18-23-14-12-11-13-15-23)25(49-36)19-47-32(45)29(34(2,3)4)41-33(46)50-35(5,6)7/h16-17,21,23,25,28-30H,11-15,18-19H2,1-10H3,(H,41,46)(H,38,39,40,43)/t25-,28-,29-,30-,36+/m1/s1. The number of aromatic nitrogens is 3. The zero-order chi connectivity index (χ0) is 38.6. The van der Waals surface area contributed by atoms with E-state index in [1.54, 1.807) is 53.7 Å². The number of amides is 2. The Morgan fingerprint density at radius 3 is 2.35 bits per heavy atom. The number of hydrogen-bond acceptors (Lipinski definition) is 12. The molecule has 0 bridgehead atoms. The molecule has 2 aromatic rings. The van der Waals surface area contributed by atoms with Crippen molar-refractivity contribution >= 4 is 43.6 Å². The Bertz CT molecular complexity index is 1660. The van der Waals surface area contributed by atoms with E-state index in [1.165, 1.54) is 17.8 Å². The Kier molecular flexibility index (Phi) is 12.4. The van der Waals surface area contributed by atoms with Crippen molar-refractivity contribution in [3.63, 3.8) is 0 Å². The molecule has 2 aromatic heterocycles. The number of hydrogen-bond donors (Lipinski definition) is 2. The van der Waals surface area contributed by atoms with Crippen LogP contribution in [0.2, 0.25) is 19.6 Å². The van der Waals surface area contributed by atoms with Gasteiger partial charge >= 0.3 is 18.0 Å². The molecule has 1 saturated heterocycles. The third-order valence-electron chi connectivity index (χ3n) is 8.78. The fraction of sp³-hybridized carbons (Fsp3) is 0.694. The molecule has 3 heterocycles. The van der Waals surface area contributed by atoms with Gasteiger partial charge < -0.3 is 34.0 Å².